The minimum absolute atomic E-state index is 0.0287. The normalized spacial score (nSPS) is 22.0. The second kappa shape index (κ2) is 6.96. The second-order valence-corrected chi connectivity index (χ2v) is 6.00. The lowest BCUT2D eigenvalue weighted by Crippen LogP contribution is -2.57. The van der Waals surface area contributed by atoms with E-state index in [1.54, 1.807) is 13.3 Å². The number of fused-ring (bicyclic) bond motifs is 1. The van der Waals surface area contributed by atoms with Gasteiger partial charge in [0.15, 0.2) is 0 Å². The Bertz CT molecular complexity index is 523. The molecule has 1 atom stereocenters. The van der Waals surface area contributed by atoms with Gasteiger partial charge in [-0.15, -0.1) is 0 Å². The molecular formula is C16H24N4O2. The predicted octanol–water partition coefficient (Wildman–Crippen LogP) is 1.47. The number of rotatable bonds is 3. The highest BCUT2D eigenvalue weighted by Crippen LogP contribution is 2.21. The number of nitrogens with zero attached hydrogens (tertiary/aromatic N) is 3. The Labute approximate surface area is 131 Å². The molecule has 0 spiro atoms. The summed E-state index contributed by atoms with van der Waals surface area (Å²) in [5.74, 6) is 0.572. The molecule has 1 N–H and O–H groups in total. The number of nitrogens with one attached hydrogen (secondary N) is 1. The highest BCUT2D eigenvalue weighted by molar-refractivity contribution is 5.74. The molecule has 6 nitrogen and oxygen atoms in total. The molecule has 1 unspecified atom stereocenters. The summed E-state index contributed by atoms with van der Waals surface area (Å²) < 4.78 is 5.10. The van der Waals surface area contributed by atoms with Crippen molar-refractivity contribution < 1.29 is 9.53 Å². The number of methoxy groups -OCH3 is 1. The van der Waals surface area contributed by atoms with Crippen LogP contribution in [-0.2, 0) is 6.54 Å². The van der Waals surface area contributed by atoms with E-state index in [-0.39, 0.29) is 6.03 Å². The van der Waals surface area contributed by atoms with Crippen molar-refractivity contribution in [3.8, 4) is 5.88 Å². The molecule has 1 aromatic rings. The second-order valence-electron chi connectivity index (χ2n) is 6.00. The molecule has 2 saturated heterocycles. The molecule has 0 aromatic carbocycles. The lowest BCUT2D eigenvalue weighted by Gasteiger charge is -2.43. The standard InChI is InChI=1S/C16H24N4O2/c1-22-15-10-13(5-6-17-15)11-18-16(21)20-9-8-19-7-3-2-4-14(19)12-20/h5-6,10,14H,2-4,7-9,11-12H2,1H3,(H,18,21). The number of ether oxygens (including phenoxy) is 1. The molecule has 0 bridgehead atoms. The number of urea groups is 1. The van der Waals surface area contributed by atoms with Gasteiger partial charge in [0.1, 0.15) is 0 Å². The maximum atomic E-state index is 12.3. The van der Waals surface area contributed by atoms with Crippen molar-refractivity contribution in [1.29, 1.82) is 0 Å². The van der Waals surface area contributed by atoms with Crippen LogP contribution in [0.1, 0.15) is 24.8 Å². The Morgan fingerprint density at radius 3 is 3.18 bits per heavy atom. The number of aromatic nitrogens is 1. The van der Waals surface area contributed by atoms with Crippen LogP contribution in [0.25, 0.3) is 0 Å². The fourth-order valence-electron chi connectivity index (χ4n) is 3.30. The van der Waals surface area contributed by atoms with Crippen LogP contribution in [-0.4, -0.2) is 60.1 Å². The largest absolute Gasteiger partial charge is 0.481 e. The zero-order valence-electron chi connectivity index (χ0n) is 13.1. The van der Waals surface area contributed by atoms with E-state index < -0.39 is 0 Å². The Morgan fingerprint density at radius 2 is 2.32 bits per heavy atom. The smallest absolute Gasteiger partial charge is 0.317 e. The zero-order valence-corrected chi connectivity index (χ0v) is 13.1. The van der Waals surface area contributed by atoms with Crippen LogP contribution in [0.3, 0.4) is 0 Å². The number of hydrogen-bond acceptors (Lipinski definition) is 4. The van der Waals surface area contributed by atoms with Gasteiger partial charge >= 0.3 is 6.03 Å². The number of piperazine rings is 1. The van der Waals surface area contributed by atoms with E-state index in [1.165, 1.54) is 25.8 Å². The van der Waals surface area contributed by atoms with Crippen LogP contribution in [0, 0.1) is 0 Å². The molecule has 2 fully saturated rings. The van der Waals surface area contributed by atoms with Crippen LogP contribution in [0.5, 0.6) is 5.88 Å². The molecule has 6 heteroatoms. The number of carbonyl (C=O) groups is 1. The van der Waals surface area contributed by atoms with Gasteiger partial charge in [0, 0.05) is 44.5 Å². The molecule has 0 radical (unpaired) electrons. The summed E-state index contributed by atoms with van der Waals surface area (Å²) in [5.41, 5.74) is 0.997. The zero-order chi connectivity index (χ0) is 15.4. The van der Waals surface area contributed by atoms with Crippen LogP contribution in [0.15, 0.2) is 18.3 Å². The van der Waals surface area contributed by atoms with Gasteiger partial charge in [-0.2, -0.15) is 0 Å². The van der Waals surface area contributed by atoms with E-state index in [0.29, 0.717) is 18.5 Å². The van der Waals surface area contributed by atoms with Gasteiger partial charge in [-0.25, -0.2) is 9.78 Å². The summed E-state index contributed by atoms with van der Waals surface area (Å²) in [7, 11) is 1.59. The van der Waals surface area contributed by atoms with Crippen LogP contribution >= 0.6 is 0 Å². The van der Waals surface area contributed by atoms with Crippen molar-refractivity contribution in [2.75, 3.05) is 33.3 Å². The molecule has 3 heterocycles. The van der Waals surface area contributed by atoms with Crippen molar-refractivity contribution in [1.82, 2.24) is 20.1 Å². The lowest BCUT2D eigenvalue weighted by atomic mass is 10.00. The summed E-state index contributed by atoms with van der Waals surface area (Å²) in [6.45, 7) is 4.37. The SMILES string of the molecule is COc1cc(CNC(=O)N2CCN3CCCCC3C2)ccn1. The minimum atomic E-state index is 0.0287. The fourth-order valence-corrected chi connectivity index (χ4v) is 3.30. The summed E-state index contributed by atoms with van der Waals surface area (Å²) in [5, 5.41) is 3.00. The number of pyridine rings is 1. The van der Waals surface area contributed by atoms with E-state index in [4.69, 9.17) is 4.74 Å². The van der Waals surface area contributed by atoms with Gasteiger partial charge < -0.3 is 15.0 Å². The number of hydrogen-bond donors (Lipinski definition) is 1. The van der Waals surface area contributed by atoms with E-state index in [1.807, 2.05) is 17.0 Å². The van der Waals surface area contributed by atoms with E-state index in [9.17, 15) is 4.79 Å². The highest BCUT2D eigenvalue weighted by Gasteiger charge is 2.30. The Kier molecular flexibility index (Phi) is 4.77. The Morgan fingerprint density at radius 1 is 1.41 bits per heavy atom. The molecule has 0 saturated carbocycles. The van der Waals surface area contributed by atoms with Crippen LogP contribution in [0.2, 0.25) is 0 Å². The highest BCUT2D eigenvalue weighted by atomic mass is 16.5. The van der Waals surface area contributed by atoms with Crippen LogP contribution in [0.4, 0.5) is 4.79 Å². The molecule has 0 aliphatic carbocycles. The summed E-state index contributed by atoms with van der Waals surface area (Å²) in [6.07, 6.45) is 5.49. The maximum Gasteiger partial charge on any atom is 0.317 e. The van der Waals surface area contributed by atoms with Crippen LogP contribution < -0.4 is 10.1 Å². The number of piperidine rings is 1. The van der Waals surface area contributed by atoms with Gasteiger partial charge in [-0.3, -0.25) is 4.90 Å². The Hall–Kier alpha value is -1.82. The quantitative estimate of drug-likeness (QED) is 0.919. The first-order valence-corrected chi connectivity index (χ1v) is 8.02. The van der Waals surface area contributed by atoms with Gasteiger partial charge in [-0.1, -0.05) is 6.42 Å². The van der Waals surface area contributed by atoms with Gasteiger partial charge in [0.2, 0.25) is 5.88 Å². The third-order valence-electron chi connectivity index (χ3n) is 4.58. The van der Waals surface area contributed by atoms with Gasteiger partial charge in [0.25, 0.3) is 0 Å². The summed E-state index contributed by atoms with van der Waals surface area (Å²) in [6, 6.07) is 4.32. The molecule has 3 rings (SSSR count). The third-order valence-corrected chi connectivity index (χ3v) is 4.58. The fraction of sp³-hybridized carbons (Fsp3) is 0.625. The average Bonchev–Trinajstić information content (AvgIpc) is 2.59. The predicted molar refractivity (Wildman–Crippen MR) is 83.8 cm³/mol. The first-order valence-electron chi connectivity index (χ1n) is 8.02. The first kappa shape index (κ1) is 15.1. The van der Waals surface area contributed by atoms with Crippen molar-refractivity contribution in [2.24, 2.45) is 0 Å². The molecule has 22 heavy (non-hydrogen) atoms. The van der Waals surface area contributed by atoms with Gasteiger partial charge in [0.05, 0.1) is 7.11 Å². The lowest BCUT2D eigenvalue weighted by molar-refractivity contribution is 0.0643. The maximum absolute atomic E-state index is 12.3. The minimum Gasteiger partial charge on any atom is -0.481 e. The molecule has 1 aromatic heterocycles. The molecular weight excluding hydrogens is 280 g/mol. The first-order chi connectivity index (χ1) is 10.8. The molecule has 2 aliphatic heterocycles. The van der Waals surface area contributed by atoms with E-state index >= 15 is 0 Å². The number of carbonyl (C=O) groups excluding carboxylic acids is 1. The van der Waals surface area contributed by atoms with Crippen molar-refractivity contribution in [2.45, 2.75) is 31.8 Å². The molecule has 120 valence electrons. The van der Waals surface area contributed by atoms with E-state index in [0.717, 1.165) is 25.2 Å². The van der Waals surface area contributed by atoms with Crippen molar-refractivity contribution in [3.05, 3.63) is 23.9 Å². The number of amides is 2. The molecule has 2 aliphatic rings. The third kappa shape index (κ3) is 3.50. The monoisotopic (exact) mass is 304 g/mol. The van der Waals surface area contributed by atoms with Crippen molar-refractivity contribution in [3.63, 3.8) is 0 Å². The topological polar surface area (TPSA) is 57.7 Å². The molecule has 2 amide bonds. The summed E-state index contributed by atoms with van der Waals surface area (Å²) >= 11 is 0. The van der Waals surface area contributed by atoms with Gasteiger partial charge in [-0.05, 0) is 31.0 Å². The average molecular weight is 304 g/mol. The summed E-state index contributed by atoms with van der Waals surface area (Å²) in [4.78, 5) is 20.9. The van der Waals surface area contributed by atoms with E-state index in [2.05, 4.69) is 15.2 Å². The van der Waals surface area contributed by atoms with Crippen molar-refractivity contribution >= 4 is 6.03 Å². The Balaban J connectivity index is 1.51.